The first-order valence-electron chi connectivity index (χ1n) is 7.52. The zero-order valence-corrected chi connectivity index (χ0v) is 13.2. The summed E-state index contributed by atoms with van der Waals surface area (Å²) in [4.78, 5) is 29.3. The highest BCUT2D eigenvalue weighted by Crippen LogP contribution is 2.03. The highest BCUT2D eigenvalue weighted by atomic mass is 16.5. The van der Waals surface area contributed by atoms with Gasteiger partial charge in [-0.3, -0.25) is 14.5 Å². The molecule has 1 aliphatic rings. The fraction of sp³-hybridized carbons (Fsp3) is 0.857. The molecule has 7 heteroatoms. The quantitative estimate of drug-likeness (QED) is 0.578. The highest BCUT2D eigenvalue weighted by molar-refractivity contribution is 5.78. The van der Waals surface area contributed by atoms with Crippen LogP contribution in [0, 0.1) is 0 Å². The van der Waals surface area contributed by atoms with Crippen molar-refractivity contribution in [2.24, 2.45) is 5.73 Å². The van der Waals surface area contributed by atoms with Crippen LogP contribution < -0.4 is 5.73 Å². The maximum atomic E-state index is 12.0. The van der Waals surface area contributed by atoms with Crippen LogP contribution in [0.3, 0.4) is 0 Å². The molecule has 7 nitrogen and oxygen atoms in total. The van der Waals surface area contributed by atoms with Gasteiger partial charge in [0.05, 0.1) is 20.1 Å². The van der Waals surface area contributed by atoms with Crippen molar-refractivity contribution in [3.8, 4) is 0 Å². The molecule has 122 valence electrons. The molecule has 0 bridgehead atoms. The second kappa shape index (κ2) is 9.70. The van der Waals surface area contributed by atoms with Crippen molar-refractivity contribution >= 4 is 11.9 Å². The topological polar surface area (TPSA) is 79.1 Å². The Balaban J connectivity index is 2.20. The molecule has 1 amide bonds. The first-order valence-corrected chi connectivity index (χ1v) is 7.52. The molecule has 21 heavy (non-hydrogen) atoms. The first kappa shape index (κ1) is 17.9. The Morgan fingerprint density at radius 3 is 2.38 bits per heavy atom. The number of nitrogens with zero attached hydrogens (tertiary/aromatic N) is 3. The van der Waals surface area contributed by atoms with Crippen LogP contribution >= 0.6 is 0 Å². The number of esters is 1. The number of nitrogens with two attached hydrogens (primary N) is 1. The molecule has 0 spiro atoms. The number of amides is 1. The van der Waals surface area contributed by atoms with Gasteiger partial charge in [0.25, 0.3) is 0 Å². The number of carbonyl (C=O) groups is 2. The van der Waals surface area contributed by atoms with Crippen LogP contribution in [0.4, 0.5) is 0 Å². The number of rotatable bonds is 8. The maximum absolute atomic E-state index is 12.0. The summed E-state index contributed by atoms with van der Waals surface area (Å²) >= 11 is 0. The predicted molar refractivity (Wildman–Crippen MR) is 80.8 cm³/mol. The molecular weight excluding hydrogens is 272 g/mol. The lowest BCUT2D eigenvalue weighted by Gasteiger charge is -2.34. The standard InChI is InChI=1S/C14H28N4O3/c1-16(6-3-5-15)13(19)12-18-10-8-17(9-11-18)7-4-14(20)21-2/h3-12,15H2,1-2H3. The molecule has 0 aromatic rings. The molecule has 0 aromatic heterocycles. The predicted octanol–water partition coefficient (Wildman–Crippen LogP) is -1.03. The SMILES string of the molecule is COC(=O)CCN1CCN(CC(=O)N(C)CCCN)CC1. The highest BCUT2D eigenvalue weighted by Gasteiger charge is 2.20. The zero-order chi connectivity index (χ0) is 15.7. The first-order chi connectivity index (χ1) is 10.1. The van der Waals surface area contributed by atoms with E-state index in [2.05, 4.69) is 14.5 Å². The van der Waals surface area contributed by atoms with Crippen molar-refractivity contribution < 1.29 is 14.3 Å². The van der Waals surface area contributed by atoms with Crippen LogP contribution in [-0.4, -0.2) is 93.1 Å². The molecule has 0 atom stereocenters. The molecule has 0 radical (unpaired) electrons. The third kappa shape index (κ3) is 6.88. The van der Waals surface area contributed by atoms with E-state index in [0.717, 1.165) is 39.1 Å². The van der Waals surface area contributed by atoms with Gasteiger partial charge >= 0.3 is 5.97 Å². The van der Waals surface area contributed by atoms with Gasteiger partial charge in [-0.05, 0) is 13.0 Å². The average Bonchev–Trinajstić information content (AvgIpc) is 2.51. The fourth-order valence-electron chi connectivity index (χ4n) is 2.29. The monoisotopic (exact) mass is 300 g/mol. The van der Waals surface area contributed by atoms with Crippen molar-refractivity contribution in [3.05, 3.63) is 0 Å². The number of ether oxygens (including phenoxy) is 1. The van der Waals surface area contributed by atoms with Crippen molar-refractivity contribution in [1.29, 1.82) is 0 Å². The van der Waals surface area contributed by atoms with Crippen LogP contribution in [0.15, 0.2) is 0 Å². The summed E-state index contributed by atoms with van der Waals surface area (Å²) in [5.41, 5.74) is 5.45. The van der Waals surface area contributed by atoms with E-state index in [1.54, 1.807) is 4.90 Å². The van der Waals surface area contributed by atoms with Crippen molar-refractivity contribution in [2.75, 3.05) is 66.5 Å². The molecule has 1 aliphatic heterocycles. The average molecular weight is 300 g/mol. The van der Waals surface area contributed by atoms with Gasteiger partial charge in [-0.25, -0.2) is 0 Å². The largest absolute Gasteiger partial charge is 0.469 e. The van der Waals surface area contributed by atoms with Gasteiger partial charge in [0.1, 0.15) is 0 Å². The van der Waals surface area contributed by atoms with Gasteiger partial charge in [-0.1, -0.05) is 0 Å². The Hall–Kier alpha value is -1.18. The van der Waals surface area contributed by atoms with E-state index in [0.29, 0.717) is 26.1 Å². The van der Waals surface area contributed by atoms with Gasteiger partial charge in [0, 0.05) is 46.3 Å². The Bertz CT molecular complexity index is 330. The number of hydrogen-bond acceptors (Lipinski definition) is 6. The number of methoxy groups -OCH3 is 1. The van der Waals surface area contributed by atoms with E-state index < -0.39 is 0 Å². The van der Waals surface area contributed by atoms with E-state index in [-0.39, 0.29) is 11.9 Å². The Morgan fingerprint density at radius 2 is 1.81 bits per heavy atom. The third-order valence-corrected chi connectivity index (χ3v) is 3.81. The van der Waals surface area contributed by atoms with Gasteiger partial charge in [0.2, 0.25) is 5.91 Å². The summed E-state index contributed by atoms with van der Waals surface area (Å²) in [6, 6.07) is 0. The van der Waals surface area contributed by atoms with E-state index in [9.17, 15) is 9.59 Å². The van der Waals surface area contributed by atoms with Gasteiger partial charge in [-0.15, -0.1) is 0 Å². The molecule has 0 saturated carbocycles. The van der Waals surface area contributed by atoms with Gasteiger partial charge in [-0.2, -0.15) is 0 Å². The van der Waals surface area contributed by atoms with Crippen molar-refractivity contribution in [1.82, 2.24) is 14.7 Å². The third-order valence-electron chi connectivity index (χ3n) is 3.81. The van der Waals surface area contributed by atoms with Crippen LogP contribution in [0.5, 0.6) is 0 Å². The lowest BCUT2D eigenvalue weighted by atomic mass is 10.2. The van der Waals surface area contributed by atoms with Crippen LogP contribution in [0.2, 0.25) is 0 Å². The van der Waals surface area contributed by atoms with Gasteiger partial charge in [0.15, 0.2) is 0 Å². The second-order valence-corrected chi connectivity index (χ2v) is 5.40. The summed E-state index contributed by atoms with van der Waals surface area (Å²) in [5.74, 6) is -0.0272. The Morgan fingerprint density at radius 1 is 1.19 bits per heavy atom. The normalized spacial score (nSPS) is 16.7. The summed E-state index contributed by atoms with van der Waals surface area (Å²) in [7, 11) is 3.23. The number of likely N-dealkylation sites (N-methyl/N-ethyl adjacent to an activating group) is 1. The van der Waals surface area contributed by atoms with E-state index >= 15 is 0 Å². The summed E-state index contributed by atoms with van der Waals surface area (Å²) in [6.07, 6.45) is 1.26. The summed E-state index contributed by atoms with van der Waals surface area (Å²) < 4.78 is 4.64. The second-order valence-electron chi connectivity index (χ2n) is 5.40. The van der Waals surface area contributed by atoms with E-state index in [1.807, 2.05) is 7.05 Å². The molecule has 1 rings (SSSR count). The minimum Gasteiger partial charge on any atom is -0.469 e. The van der Waals surface area contributed by atoms with Gasteiger partial charge < -0.3 is 20.3 Å². The Labute approximate surface area is 127 Å². The maximum Gasteiger partial charge on any atom is 0.306 e. The summed E-state index contributed by atoms with van der Waals surface area (Å²) in [5, 5.41) is 0. The molecule has 1 heterocycles. The number of piperazine rings is 1. The number of hydrogen-bond donors (Lipinski definition) is 1. The van der Waals surface area contributed by atoms with E-state index in [4.69, 9.17) is 5.73 Å². The lowest BCUT2D eigenvalue weighted by Crippen LogP contribution is -2.50. The smallest absolute Gasteiger partial charge is 0.306 e. The van der Waals surface area contributed by atoms with Crippen LogP contribution in [0.1, 0.15) is 12.8 Å². The lowest BCUT2D eigenvalue weighted by molar-refractivity contribution is -0.141. The molecule has 1 fully saturated rings. The molecule has 0 unspecified atom stereocenters. The Kier molecular flexibility index (Phi) is 8.26. The molecule has 0 aromatic carbocycles. The van der Waals surface area contributed by atoms with E-state index in [1.165, 1.54) is 7.11 Å². The van der Waals surface area contributed by atoms with Crippen LogP contribution in [-0.2, 0) is 14.3 Å². The fourth-order valence-corrected chi connectivity index (χ4v) is 2.29. The minimum absolute atomic E-state index is 0.145. The number of carbonyl (C=O) groups excluding carboxylic acids is 2. The molecular formula is C14H28N4O3. The van der Waals surface area contributed by atoms with Crippen LogP contribution in [0.25, 0.3) is 0 Å². The summed E-state index contributed by atoms with van der Waals surface area (Å²) in [6.45, 7) is 6.00. The zero-order valence-electron chi connectivity index (χ0n) is 13.2. The minimum atomic E-state index is -0.172. The molecule has 0 aliphatic carbocycles. The van der Waals surface area contributed by atoms with Crippen molar-refractivity contribution in [2.45, 2.75) is 12.8 Å². The molecule has 2 N–H and O–H groups in total. The van der Waals surface area contributed by atoms with Crippen molar-refractivity contribution in [3.63, 3.8) is 0 Å². The molecule has 1 saturated heterocycles.